The number of hydrogen-bond donors (Lipinski definition) is 3. The van der Waals surface area contributed by atoms with E-state index in [1.165, 1.54) is 23.1 Å². The zero-order chi connectivity index (χ0) is 17.1. The maximum Gasteiger partial charge on any atom is 0.289 e. The van der Waals surface area contributed by atoms with Gasteiger partial charge in [-0.3, -0.25) is 9.36 Å². The number of H-pyrrole nitrogens is 1. The third-order valence-electron chi connectivity index (χ3n) is 4.41. The van der Waals surface area contributed by atoms with Gasteiger partial charge in [-0.2, -0.15) is 4.98 Å². The number of rotatable bonds is 2. The molecule has 0 aliphatic carbocycles. The Balaban J connectivity index is 1.74. The van der Waals surface area contributed by atoms with E-state index in [2.05, 4.69) is 24.9 Å². The summed E-state index contributed by atoms with van der Waals surface area (Å²) in [6.07, 6.45) is 2.70. The van der Waals surface area contributed by atoms with E-state index in [9.17, 15) is 15.0 Å². The molecule has 0 bridgehead atoms. The largest absolute Gasteiger partial charge is 0.394 e. The van der Waals surface area contributed by atoms with Crippen molar-refractivity contribution >= 4 is 28.2 Å². The van der Waals surface area contributed by atoms with Gasteiger partial charge in [0.2, 0.25) is 5.78 Å². The summed E-state index contributed by atoms with van der Waals surface area (Å²) in [5.41, 5.74) is 0.934. The summed E-state index contributed by atoms with van der Waals surface area (Å²) in [6.45, 7) is -0.288. The number of hydrogen-bond acceptors (Lipinski definition) is 8. The maximum atomic E-state index is 12.8. The first-order chi connectivity index (χ1) is 12.2. The highest BCUT2D eigenvalue weighted by Crippen LogP contribution is 2.30. The molecule has 1 saturated heterocycles. The maximum absolute atomic E-state index is 12.8. The lowest BCUT2D eigenvalue weighted by molar-refractivity contribution is -0.0432. The van der Waals surface area contributed by atoms with Gasteiger partial charge in [-0.15, -0.1) is 0 Å². The Labute approximate surface area is 138 Å². The molecule has 1 aliphatic heterocycles. The van der Waals surface area contributed by atoms with Crippen LogP contribution in [0.2, 0.25) is 0 Å². The van der Waals surface area contributed by atoms with Crippen LogP contribution in [0, 0.1) is 0 Å². The molecular weight excluding hydrogens is 330 g/mol. The Hall–Kier alpha value is -2.89. The van der Waals surface area contributed by atoms with Gasteiger partial charge < -0.3 is 19.9 Å². The van der Waals surface area contributed by atoms with Crippen molar-refractivity contribution in [3.05, 3.63) is 29.1 Å². The standard InChI is InChI=1S/C14H13N7O4/c22-4-7-6(23)3-8(25-7)20-5-17-9-11(20)19-14-18-10-12(16-2-1-15-10)21(14)13(9)24/h1-2,5-8,22-23H,3-4H2,(H,15,18,19)/t6-,7+,8+/m0/s1. The minimum atomic E-state index is -0.793. The topological polar surface area (TPSA) is 143 Å². The second-order valence-corrected chi connectivity index (χ2v) is 5.87. The summed E-state index contributed by atoms with van der Waals surface area (Å²) < 4.78 is 8.53. The fourth-order valence-electron chi connectivity index (χ4n) is 3.20. The Bertz CT molecular complexity index is 1160. The molecule has 0 aromatic carbocycles. The minimum Gasteiger partial charge on any atom is -0.394 e. The highest BCUT2D eigenvalue weighted by Gasteiger charge is 2.35. The van der Waals surface area contributed by atoms with Crippen molar-refractivity contribution in [2.24, 2.45) is 0 Å². The Kier molecular flexibility index (Phi) is 2.92. The van der Waals surface area contributed by atoms with E-state index in [4.69, 9.17) is 4.74 Å². The molecule has 0 saturated carbocycles. The number of nitrogens with one attached hydrogen (secondary N) is 1. The zero-order valence-electron chi connectivity index (χ0n) is 12.8. The predicted molar refractivity (Wildman–Crippen MR) is 83.8 cm³/mol. The first-order valence-electron chi connectivity index (χ1n) is 7.69. The SMILES string of the molecule is O=c1c2ncn([C@H]3C[C@H](O)[C@@H](CO)O3)c2nc2[nH]c3nccnc3n12. The predicted octanol–water partition coefficient (Wildman–Crippen LogP) is -1.04. The van der Waals surface area contributed by atoms with Crippen LogP contribution < -0.4 is 5.56 Å². The highest BCUT2D eigenvalue weighted by atomic mass is 16.5. The van der Waals surface area contributed by atoms with Gasteiger partial charge in [0.05, 0.1) is 19.0 Å². The van der Waals surface area contributed by atoms with Crippen LogP contribution in [0.1, 0.15) is 12.6 Å². The molecule has 128 valence electrons. The average Bonchev–Trinajstić information content (AvgIpc) is 3.29. The van der Waals surface area contributed by atoms with E-state index in [0.717, 1.165) is 0 Å². The Morgan fingerprint density at radius 2 is 2.12 bits per heavy atom. The molecule has 0 unspecified atom stereocenters. The Morgan fingerprint density at radius 3 is 2.92 bits per heavy atom. The molecule has 0 spiro atoms. The smallest absolute Gasteiger partial charge is 0.289 e. The van der Waals surface area contributed by atoms with Crippen LogP contribution >= 0.6 is 0 Å². The number of aromatic nitrogens is 7. The quantitative estimate of drug-likeness (QED) is 0.418. The lowest BCUT2D eigenvalue weighted by atomic mass is 10.2. The summed E-state index contributed by atoms with van der Waals surface area (Å²) in [7, 11) is 0. The van der Waals surface area contributed by atoms with E-state index in [-0.39, 0.29) is 29.9 Å². The summed E-state index contributed by atoms with van der Waals surface area (Å²) in [5.74, 6) is 0.290. The number of ether oxygens (including phenoxy) is 1. The van der Waals surface area contributed by atoms with E-state index in [0.29, 0.717) is 16.9 Å². The van der Waals surface area contributed by atoms with Crippen molar-refractivity contribution in [3.8, 4) is 0 Å². The second-order valence-electron chi connectivity index (χ2n) is 5.87. The van der Waals surface area contributed by atoms with Gasteiger partial charge in [0, 0.05) is 18.8 Å². The van der Waals surface area contributed by atoms with Gasteiger partial charge in [-0.25, -0.2) is 19.4 Å². The molecule has 25 heavy (non-hydrogen) atoms. The van der Waals surface area contributed by atoms with Gasteiger partial charge in [-0.05, 0) is 0 Å². The van der Waals surface area contributed by atoms with Crippen LogP contribution in [0.5, 0.6) is 0 Å². The van der Waals surface area contributed by atoms with Crippen LogP contribution in [-0.2, 0) is 4.74 Å². The molecule has 1 aliphatic rings. The summed E-state index contributed by atoms with van der Waals surface area (Å²) in [5, 5.41) is 19.2. The van der Waals surface area contributed by atoms with Gasteiger partial charge in [-0.1, -0.05) is 0 Å². The molecule has 0 radical (unpaired) electrons. The van der Waals surface area contributed by atoms with E-state index >= 15 is 0 Å². The lowest BCUT2D eigenvalue weighted by Gasteiger charge is -2.13. The van der Waals surface area contributed by atoms with Gasteiger partial charge in [0.25, 0.3) is 5.56 Å². The van der Waals surface area contributed by atoms with Crippen molar-refractivity contribution in [2.45, 2.75) is 24.9 Å². The summed E-state index contributed by atoms with van der Waals surface area (Å²) >= 11 is 0. The zero-order valence-corrected chi connectivity index (χ0v) is 12.8. The number of aliphatic hydroxyl groups is 2. The summed E-state index contributed by atoms with van der Waals surface area (Å²) in [4.78, 5) is 32.7. The fraction of sp³-hybridized carbons (Fsp3) is 0.357. The molecule has 3 atom stereocenters. The molecule has 4 aromatic rings. The van der Waals surface area contributed by atoms with Crippen LogP contribution in [0.25, 0.3) is 28.2 Å². The molecule has 0 amide bonds. The number of fused-ring (bicyclic) bond motifs is 4. The third-order valence-corrected chi connectivity index (χ3v) is 4.41. The van der Waals surface area contributed by atoms with Crippen LogP contribution in [0.4, 0.5) is 0 Å². The van der Waals surface area contributed by atoms with Gasteiger partial charge in [0.1, 0.15) is 12.3 Å². The number of aromatic amines is 1. The molecule has 11 nitrogen and oxygen atoms in total. The lowest BCUT2D eigenvalue weighted by Crippen LogP contribution is -2.24. The number of nitrogens with zero attached hydrogens (tertiary/aromatic N) is 6. The Morgan fingerprint density at radius 1 is 1.28 bits per heavy atom. The average molecular weight is 343 g/mol. The van der Waals surface area contributed by atoms with Crippen LogP contribution in [0.15, 0.2) is 23.5 Å². The molecule has 1 fully saturated rings. The molecule has 4 aromatic heterocycles. The molecule has 3 N–H and O–H groups in total. The normalized spacial score (nSPS) is 24.0. The van der Waals surface area contributed by atoms with E-state index < -0.39 is 18.4 Å². The fourth-order valence-corrected chi connectivity index (χ4v) is 3.20. The van der Waals surface area contributed by atoms with Crippen LogP contribution in [0.3, 0.4) is 0 Å². The first kappa shape index (κ1) is 14.5. The molecule has 5 heterocycles. The first-order valence-corrected chi connectivity index (χ1v) is 7.69. The summed E-state index contributed by atoms with van der Waals surface area (Å²) in [6, 6.07) is 0. The van der Waals surface area contributed by atoms with Crippen LogP contribution in [-0.4, -0.2) is 62.9 Å². The third kappa shape index (κ3) is 1.94. The molecule has 5 rings (SSSR count). The van der Waals surface area contributed by atoms with Crippen molar-refractivity contribution in [2.75, 3.05) is 6.61 Å². The van der Waals surface area contributed by atoms with Crippen molar-refractivity contribution < 1.29 is 14.9 Å². The van der Waals surface area contributed by atoms with Gasteiger partial charge >= 0.3 is 0 Å². The van der Waals surface area contributed by atoms with Gasteiger partial charge in [0.15, 0.2) is 22.5 Å². The van der Waals surface area contributed by atoms with Crippen molar-refractivity contribution in [3.63, 3.8) is 0 Å². The van der Waals surface area contributed by atoms with Crippen molar-refractivity contribution in [1.82, 2.24) is 33.9 Å². The molecule has 11 heteroatoms. The minimum absolute atomic E-state index is 0.162. The van der Waals surface area contributed by atoms with Crippen molar-refractivity contribution in [1.29, 1.82) is 0 Å². The second kappa shape index (κ2) is 5.05. The number of imidazole rings is 2. The molecular formula is C14H13N7O4. The van der Waals surface area contributed by atoms with E-state index in [1.807, 2.05) is 0 Å². The number of aliphatic hydroxyl groups excluding tert-OH is 2. The monoisotopic (exact) mass is 343 g/mol. The van der Waals surface area contributed by atoms with E-state index in [1.54, 1.807) is 4.57 Å². The highest BCUT2D eigenvalue weighted by molar-refractivity contribution is 5.77.